The normalized spacial score (nSPS) is 26.2. The summed E-state index contributed by atoms with van der Waals surface area (Å²) in [5.41, 5.74) is 0.247. The van der Waals surface area contributed by atoms with E-state index >= 15 is 0 Å². The molecule has 1 aliphatic rings. The van der Waals surface area contributed by atoms with Gasteiger partial charge >= 0.3 is 31.8 Å². The van der Waals surface area contributed by atoms with E-state index in [0.29, 0.717) is 12.3 Å². The van der Waals surface area contributed by atoms with Gasteiger partial charge in [-0.2, -0.15) is 0 Å². The Kier molecular flexibility index (Phi) is 5.42. The van der Waals surface area contributed by atoms with Crippen molar-refractivity contribution in [3.63, 3.8) is 0 Å². The molecule has 0 amide bonds. The maximum absolute atomic E-state index is 10.6. The van der Waals surface area contributed by atoms with Crippen molar-refractivity contribution >= 4 is 31.8 Å². The topological polar surface area (TPSA) is 37.3 Å². The van der Waals surface area contributed by atoms with Gasteiger partial charge in [0.05, 0.1) is 0 Å². The molecule has 1 N–H and O–H groups in total. The molecule has 1 fully saturated rings. The Balaban J connectivity index is 0.00000144. The summed E-state index contributed by atoms with van der Waals surface area (Å²) in [5.74, 6) is -0.251. The van der Waals surface area contributed by atoms with Gasteiger partial charge in [0.1, 0.15) is 0 Å². The van der Waals surface area contributed by atoms with Crippen LogP contribution in [0.1, 0.15) is 46.0 Å². The number of hydrogen-bond acceptors (Lipinski definition) is 1. The van der Waals surface area contributed by atoms with Gasteiger partial charge in [0, 0.05) is 6.42 Å². The number of aliphatic carboxylic acids is 1. The third-order valence-electron chi connectivity index (χ3n) is 3.15. The minimum absolute atomic E-state index is 0. The zero-order chi connectivity index (χ0) is 9.19. The van der Waals surface area contributed by atoms with E-state index in [-0.39, 0.29) is 31.3 Å². The van der Waals surface area contributed by atoms with Crippen molar-refractivity contribution in [1.29, 1.82) is 0 Å². The zero-order valence-electron chi connectivity index (χ0n) is 7.97. The summed E-state index contributed by atoms with van der Waals surface area (Å²) in [5, 5.41) is 8.70. The quantitative estimate of drug-likeness (QED) is 0.836. The van der Waals surface area contributed by atoms with Crippen LogP contribution in [0.15, 0.2) is 0 Å². The van der Waals surface area contributed by atoms with Crippen molar-refractivity contribution < 1.29 is 9.90 Å². The molecule has 0 heterocycles. The first-order valence-electron chi connectivity index (χ1n) is 4.74. The van der Waals surface area contributed by atoms with Gasteiger partial charge in [0.25, 0.3) is 0 Å². The molecule has 0 spiro atoms. The fourth-order valence-corrected chi connectivity index (χ4v) is 2.16. The first-order chi connectivity index (χ1) is 5.52. The van der Waals surface area contributed by atoms with E-state index in [1.807, 2.05) is 0 Å². The predicted molar refractivity (Wildman–Crippen MR) is 57.9 cm³/mol. The van der Waals surface area contributed by atoms with E-state index < -0.39 is 5.97 Å². The second-order valence-corrected chi connectivity index (χ2v) is 4.53. The molecule has 76 valence electrons. The molecule has 1 aliphatic carbocycles. The first kappa shape index (κ1) is 13.3. The number of hydrogen-bond donors (Lipinski definition) is 1. The van der Waals surface area contributed by atoms with Crippen molar-refractivity contribution in [2.75, 3.05) is 0 Å². The molecule has 0 aliphatic heterocycles. The molecule has 0 saturated heterocycles. The van der Waals surface area contributed by atoms with Crippen molar-refractivity contribution in [3.05, 3.63) is 0 Å². The van der Waals surface area contributed by atoms with Crippen molar-refractivity contribution in [3.8, 4) is 0 Å². The molecule has 0 aromatic heterocycles. The molecule has 0 radical (unpaired) electrons. The molecule has 13 heavy (non-hydrogen) atoms. The van der Waals surface area contributed by atoms with E-state index in [9.17, 15) is 4.79 Å². The van der Waals surface area contributed by atoms with E-state index in [4.69, 9.17) is 5.11 Å². The van der Waals surface area contributed by atoms with Crippen LogP contribution in [0.4, 0.5) is 0 Å². The second-order valence-electron chi connectivity index (χ2n) is 4.53. The molecular formula is C10H21InO2. The second kappa shape index (κ2) is 5.28. The third kappa shape index (κ3) is 3.92. The summed E-state index contributed by atoms with van der Waals surface area (Å²) < 4.78 is 0. The molecule has 0 aromatic rings. The zero-order valence-corrected chi connectivity index (χ0v) is 7.97. The summed E-state index contributed by atoms with van der Waals surface area (Å²) in [6.45, 7) is 4.39. The molecule has 1 atom stereocenters. The number of carboxylic acid groups (broad SMARTS) is 1. The Morgan fingerprint density at radius 1 is 1.46 bits per heavy atom. The van der Waals surface area contributed by atoms with Crippen LogP contribution in [-0.4, -0.2) is 36.9 Å². The average Bonchev–Trinajstić information content (AvgIpc) is 1.92. The average molecular weight is 288 g/mol. The molecule has 3 heteroatoms. The number of rotatable bonds is 2. The number of carboxylic acids is 1. The van der Waals surface area contributed by atoms with Crippen molar-refractivity contribution in [2.24, 2.45) is 11.3 Å². The molecule has 1 saturated carbocycles. The van der Waals surface area contributed by atoms with Crippen LogP contribution in [0.3, 0.4) is 0 Å². The van der Waals surface area contributed by atoms with Crippen LogP contribution >= 0.6 is 0 Å². The Labute approximate surface area is 98.9 Å². The van der Waals surface area contributed by atoms with Crippen molar-refractivity contribution in [2.45, 2.75) is 46.0 Å². The monoisotopic (exact) mass is 288 g/mol. The van der Waals surface area contributed by atoms with Gasteiger partial charge in [-0.15, -0.1) is 0 Å². The fraction of sp³-hybridized carbons (Fsp3) is 0.900. The van der Waals surface area contributed by atoms with Gasteiger partial charge < -0.3 is 5.11 Å². The number of carbonyl (C=O) groups is 1. The Morgan fingerprint density at radius 3 is 2.54 bits per heavy atom. The molecule has 0 aromatic carbocycles. The Hall–Kier alpha value is 0.340. The molecular weight excluding hydrogens is 267 g/mol. The predicted octanol–water partition coefficient (Wildman–Crippen LogP) is 1.49. The van der Waals surface area contributed by atoms with E-state index in [1.54, 1.807) is 0 Å². The standard InChI is InChI=1S/C10H18O2.In.3H/c1-10(2)6-4-3-5-8(10)7-9(11)12;;;;/h8H,3-7H2,1-2H3,(H,11,12);;;;. The van der Waals surface area contributed by atoms with E-state index in [1.165, 1.54) is 19.3 Å². The van der Waals surface area contributed by atoms with Crippen LogP contribution in [0.5, 0.6) is 0 Å². The van der Waals surface area contributed by atoms with E-state index in [2.05, 4.69) is 13.8 Å². The summed E-state index contributed by atoms with van der Waals surface area (Å²) in [4.78, 5) is 10.6. The van der Waals surface area contributed by atoms with Gasteiger partial charge in [-0.1, -0.05) is 26.7 Å². The summed E-state index contributed by atoms with van der Waals surface area (Å²) >= 11 is 0. The Morgan fingerprint density at radius 2 is 2.08 bits per heavy atom. The fourth-order valence-electron chi connectivity index (χ4n) is 2.16. The van der Waals surface area contributed by atoms with Gasteiger partial charge in [-0.3, -0.25) is 4.79 Å². The van der Waals surface area contributed by atoms with Crippen LogP contribution in [0.25, 0.3) is 0 Å². The van der Waals surface area contributed by atoms with E-state index in [0.717, 1.165) is 6.42 Å². The summed E-state index contributed by atoms with van der Waals surface area (Å²) in [6, 6.07) is 0. The van der Waals surface area contributed by atoms with Crippen LogP contribution in [0, 0.1) is 11.3 Å². The van der Waals surface area contributed by atoms with Crippen LogP contribution in [-0.2, 0) is 4.79 Å². The van der Waals surface area contributed by atoms with Crippen molar-refractivity contribution in [1.82, 2.24) is 0 Å². The maximum atomic E-state index is 10.6. The summed E-state index contributed by atoms with van der Waals surface area (Å²) in [7, 11) is 0. The van der Waals surface area contributed by atoms with Gasteiger partial charge in [0.2, 0.25) is 0 Å². The molecule has 2 nitrogen and oxygen atoms in total. The van der Waals surface area contributed by atoms with Crippen LogP contribution in [0.2, 0.25) is 0 Å². The minimum atomic E-state index is -0.644. The summed E-state index contributed by atoms with van der Waals surface area (Å²) in [6.07, 6.45) is 5.11. The molecule has 1 unspecified atom stereocenters. The van der Waals surface area contributed by atoms with Gasteiger partial charge in [-0.25, -0.2) is 0 Å². The molecule has 1 rings (SSSR count). The van der Waals surface area contributed by atoms with Gasteiger partial charge in [0.15, 0.2) is 0 Å². The van der Waals surface area contributed by atoms with Crippen LogP contribution < -0.4 is 0 Å². The molecule has 0 bridgehead atoms. The SMILES string of the molecule is CC1(C)CCCCC1CC(=O)O.[InH3]. The Bertz CT molecular complexity index is 178. The van der Waals surface area contributed by atoms with Gasteiger partial charge in [-0.05, 0) is 24.2 Å². The first-order valence-corrected chi connectivity index (χ1v) is 4.74. The third-order valence-corrected chi connectivity index (χ3v) is 3.15.